The molecule has 3 nitrogen and oxygen atoms in total. The molecule has 0 radical (unpaired) electrons. The molecule has 32 heavy (non-hydrogen) atoms. The molecule has 0 aliphatic carbocycles. The molecule has 1 aliphatic rings. The Hall–Kier alpha value is -2.76. The lowest BCUT2D eigenvalue weighted by molar-refractivity contribution is 0.634. The minimum Gasteiger partial charge on any atom is -0.374 e. The summed E-state index contributed by atoms with van der Waals surface area (Å²) >= 11 is 3.51. The van der Waals surface area contributed by atoms with E-state index in [0.29, 0.717) is 5.92 Å². The van der Waals surface area contributed by atoms with Crippen LogP contribution >= 0.6 is 22.7 Å². The Morgan fingerprint density at radius 2 is 1.88 bits per heavy atom. The molecule has 160 valence electrons. The fourth-order valence-electron chi connectivity index (χ4n) is 5.25. The van der Waals surface area contributed by atoms with Crippen LogP contribution in [0.5, 0.6) is 0 Å². The standard InChI is InChI=1S/C27H25N3S2/c1-15-6-5-7-23-21(15)12-18(13-30(23)4)19-9-11-24-25(16(19)2)29-27(32-24)20-8-10-22-26(17(20)3)31-14-28-22/h5-11,14,18H,12-13H2,1-4H3. The smallest absolute Gasteiger partial charge is 0.124 e. The molecule has 5 heteroatoms. The van der Waals surface area contributed by atoms with Crippen molar-refractivity contribution in [2.45, 2.75) is 33.1 Å². The number of rotatable bonds is 2. The fraction of sp³-hybridized carbons (Fsp3) is 0.259. The van der Waals surface area contributed by atoms with E-state index in [0.717, 1.165) is 29.0 Å². The molecule has 1 atom stereocenters. The highest BCUT2D eigenvalue weighted by Gasteiger charge is 2.26. The van der Waals surface area contributed by atoms with Crippen LogP contribution in [0, 0.1) is 20.8 Å². The topological polar surface area (TPSA) is 29.0 Å². The van der Waals surface area contributed by atoms with Crippen LogP contribution in [-0.2, 0) is 6.42 Å². The summed E-state index contributed by atoms with van der Waals surface area (Å²) in [6.07, 6.45) is 1.09. The Morgan fingerprint density at radius 3 is 2.75 bits per heavy atom. The number of anilines is 1. The van der Waals surface area contributed by atoms with E-state index < -0.39 is 0 Å². The molecule has 2 aromatic heterocycles. The first kappa shape index (κ1) is 19.9. The molecule has 1 aliphatic heterocycles. The van der Waals surface area contributed by atoms with E-state index >= 15 is 0 Å². The highest BCUT2D eigenvalue weighted by atomic mass is 32.1. The van der Waals surface area contributed by atoms with Gasteiger partial charge in [-0.3, -0.25) is 0 Å². The van der Waals surface area contributed by atoms with Crippen LogP contribution in [0.2, 0.25) is 0 Å². The van der Waals surface area contributed by atoms with E-state index in [4.69, 9.17) is 4.98 Å². The molecular formula is C27H25N3S2. The van der Waals surface area contributed by atoms with Crippen LogP contribution in [0.4, 0.5) is 5.69 Å². The van der Waals surface area contributed by atoms with Crippen LogP contribution in [-0.4, -0.2) is 23.6 Å². The SMILES string of the molecule is Cc1cccc2c1CC(c1ccc3sc(-c4ccc5ncsc5c4C)nc3c1C)CN2C. The molecule has 0 saturated heterocycles. The first-order valence-electron chi connectivity index (χ1n) is 11.0. The molecule has 1 unspecified atom stereocenters. The van der Waals surface area contributed by atoms with Crippen LogP contribution in [0.1, 0.15) is 33.7 Å². The van der Waals surface area contributed by atoms with Gasteiger partial charge in [0.1, 0.15) is 5.01 Å². The second-order valence-corrected chi connectivity index (χ2v) is 10.8. The van der Waals surface area contributed by atoms with Gasteiger partial charge in [-0.1, -0.05) is 18.2 Å². The summed E-state index contributed by atoms with van der Waals surface area (Å²) in [6.45, 7) is 7.73. The van der Waals surface area contributed by atoms with Crippen molar-refractivity contribution in [1.29, 1.82) is 0 Å². The molecule has 5 aromatic rings. The number of likely N-dealkylation sites (N-methyl/N-ethyl adjacent to an activating group) is 1. The van der Waals surface area contributed by atoms with Crippen LogP contribution in [0.3, 0.4) is 0 Å². The first-order valence-corrected chi connectivity index (χ1v) is 12.7. The lowest BCUT2D eigenvalue weighted by atomic mass is 9.83. The highest BCUT2D eigenvalue weighted by Crippen LogP contribution is 2.41. The van der Waals surface area contributed by atoms with Gasteiger partial charge in [-0.05, 0) is 79.3 Å². The van der Waals surface area contributed by atoms with Crippen LogP contribution in [0.25, 0.3) is 31.0 Å². The molecule has 0 amide bonds. The maximum Gasteiger partial charge on any atom is 0.124 e. The van der Waals surface area contributed by atoms with E-state index in [-0.39, 0.29) is 0 Å². The first-order chi connectivity index (χ1) is 15.5. The lowest BCUT2D eigenvalue weighted by Crippen LogP contribution is -2.31. The number of hydrogen-bond acceptors (Lipinski definition) is 5. The minimum atomic E-state index is 0.485. The summed E-state index contributed by atoms with van der Waals surface area (Å²) in [5.74, 6) is 0.485. The van der Waals surface area contributed by atoms with Crippen molar-refractivity contribution in [1.82, 2.24) is 9.97 Å². The number of benzene rings is 3. The van der Waals surface area contributed by atoms with Crippen molar-refractivity contribution >= 4 is 48.8 Å². The number of thiazole rings is 2. The van der Waals surface area contributed by atoms with Gasteiger partial charge in [0.05, 0.1) is 25.9 Å². The molecule has 0 spiro atoms. The largest absolute Gasteiger partial charge is 0.374 e. The van der Waals surface area contributed by atoms with Crippen molar-refractivity contribution in [3.05, 3.63) is 75.8 Å². The molecule has 0 N–H and O–H groups in total. The maximum absolute atomic E-state index is 5.16. The van der Waals surface area contributed by atoms with Crippen molar-refractivity contribution in [2.24, 2.45) is 0 Å². The molecule has 3 heterocycles. The minimum absolute atomic E-state index is 0.485. The number of fused-ring (bicyclic) bond motifs is 3. The highest BCUT2D eigenvalue weighted by molar-refractivity contribution is 7.21. The van der Waals surface area contributed by atoms with Crippen molar-refractivity contribution < 1.29 is 0 Å². The second-order valence-electron chi connectivity index (χ2n) is 8.94. The van der Waals surface area contributed by atoms with Crippen molar-refractivity contribution in [3.63, 3.8) is 0 Å². The van der Waals surface area contributed by atoms with Crippen LogP contribution in [0.15, 0.2) is 48.0 Å². The predicted molar refractivity (Wildman–Crippen MR) is 139 cm³/mol. The van der Waals surface area contributed by atoms with Gasteiger partial charge in [-0.25, -0.2) is 9.97 Å². The van der Waals surface area contributed by atoms with Gasteiger partial charge in [0.15, 0.2) is 0 Å². The fourth-order valence-corrected chi connectivity index (χ4v) is 7.16. The van der Waals surface area contributed by atoms with Gasteiger partial charge < -0.3 is 4.90 Å². The molecule has 6 rings (SSSR count). The normalized spacial score (nSPS) is 16.1. The molecule has 0 fully saturated rings. The average Bonchev–Trinajstić information content (AvgIpc) is 3.43. The van der Waals surface area contributed by atoms with E-state index in [9.17, 15) is 0 Å². The Kier molecular flexibility index (Phi) is 4.60. The van der Waals surface area contributed by atoms with Gasteiger partial charge in [-0.2, -0.15) is 0 Å². The van der Waals surface area contributed by atoms with Crippen molar-refractivity contribution in [2.75, 3.05) is 18.5 Å². The van der Waals surface area contributed by atoms with Gasteiger partial charge in [0, 0.05) is 30.8 Å². The van der Waals surface area contributed by atoms with Gasteiger partial charge in [0.2, 0.25) is 0 Å². The molecule has 0 bridgehead atoms. The van der Waals surface area contributed by atoms with Gasteiger partial charge in [0.25, 0.3) is 0 Å². The summed E-state index contributed by atoms with van der Waals surface area (Å²) in [6, 6.07) is 15.6. The third-order valence-electron chi connectivity index (χ3n) is 7.02. The van der Waals surface area contributed by atoms with E-state index in [1.165, 1.54) is 48.5 Å². The lowest BCUT2D eigenvalue weighted by Gasteiger charge is -2.35. The zero-order chi connectivity index (χ0) is 22.0. The monoisotopic (exact) mass is 455 g/mol. The zero-order valence-corrected chi connectivity index (χ0v) is 20.4. The molecule has 3 aromatic carbocycles. The number of hydrogen-bond donors (Lipinski definition) is 0. The van der Waals surface area contributed by atoms with E-state index in [1.807, 2.05) is 5.51 Å². The summed E-state index contributed by atoms with van der Waals surface area (Å²) in [5, 5.41) is 1.11. The van der Waals surface area contributed by atoms with E-state index in [2.05, 4.69) is 80.2 Å². The second kappa shape index (κ2) is 7.39. The number of aryl methyl sites for hydroxylation is 3. The summed E-state index contributed by atoms with van der Waals surface area (Å²) in [7, 11) is 2.22. The Balaban J connectivity index is 1.43. The number of nitrogens with zero attached hydrogens (tertiary/aromatic N) is 3. The van der Waals surface area contributed by atoms with Gasteiger partial charge >= 0.3 is 0 Å². The molecular weight excluding hydrogens is 430 g/mol. The Labute approximate surface area is 196 Å². The predicted octanol–water partition coefficient (Wildman–Crippen LogP) is 7.27. The summed E-state index contributed by atoms with van der Waals surface area (Å²) in [5.41, 5.74) is 13.7. The van der Waals surface area contributed by atoms with Gasteiger partial charge in [-0.15, -0.1) is 22.7 Å². The summed E-state index contributed by atoms with van der Waals surface area (Å²) < 4.78 is 2.53. The summed E-state index contributed by atoms with van der Waals surface area (Å²) in [4.78, 5) is 12.0. The average molecular weight is 456 g/mol. The quantitative estimate of drug-likeness (QED) is 0.280. The third-order valence-corrected chi connectivity index (χ3v) is 9.03. The van der Waals surface area contributed by atoms with E-state index in [1.54, 1.807) is 22.7 Å². The third kappa shape index (κ3) is 2.99. The van der Waals surface area contributed by atoms with Crippen LogP contribution < -0.4 is 4.90 Å². The maximum atomic E-state index is 5.16. The number of aromatic nitrogens is 2. The van der Waals surface area contributed by atoms with Crippen molar-refractivity contribution in [3.8, 4) is 10.6 Å². The molecule has 0 saturated carbocycles. The zero-order valence-electron chi connectivity index (χ0n) is 18.8. The Bertz CT molecular complexity index is 1490. The Morgan fingerprint density at radius 1 is 1.00 bits per heavy atom.